The molecule has 134 valence electrons. The lowest BCUT2D eigenvalue weighted by atomic mass is 10.1. The number of aromatic nitrogens is 1. The van der Waals surface area contributed by atoms with Crippen LogP contribution in [0.25, 0.3) is 11.5 Å². The third kappa shape index (κ3) is 5.63. The van der Waals surface area contributed by atoms with E-state index < -0.39 is 11.5 Å². The zero-order valence-electron chi connectivity index (χ0n) is 14.2. The van der Waals surface area contributed by atoms with E-state index in [1.54, 1.807) is 18.2 Å². The minimum Gasteiger partial charge on any atom is -0.469 e. The van der Waals surface area contributed by atoms with Crippen molar-refractivity contribution in [2.24, 2.45) is 0 Å². The van der Waals surface area contributed by atoms with Gasteiger partial charge in [0.15, 0.2) is 0 Å². The second-order valence-electron chi connectivity index (χ2n) is 5.59. The third-order valence-electron chi connectivity index (χ3n) is 3.76. The van der Waals surface area contributed by atoms with Crippen LogP contribution in [0, 0.1) is 0 Å². The van der Waals surface area contributed by atoms with Crippen molar-refractivity contribution in [3.8, 4) is 11.5 Å². The molecular weight excluding hydrogens is 324 g/mol. The highest BCUT2D eigenvalue weighted by atomic mass is 16.5. The summed E-state index contributed by atoms with van der Waals surface area (Å²) in [5, 5.41) is 2.73. The molecule has 2 heterocycles. The van der Waals surface area contributed by atoms with Gasteiger partial charge in [-0.1, -0.05) is 12.8 Å². The Morgan fingerprint density at radius 3 is 2.64 bits per heavy atom. The third-order valence-corrected chi connectivity index (χ3v) is 3.76. The highest BCUT2D eigenvalue weighted by Gasteiger charge is 2.11. The second kappa shape index (κ2) is 9.46. The van der Waals surface area contributed by atoms with E-state index in [4.69, 9.17) is 4.42 Å². The van der Waals surface area contributed by atoms with Gasteiger partial charge in [0.2, 0.25) is 0 Å². The van der Waals surface area contributed by atoms with Crippen molar-refractivity contribution in [1.82, 2.24) is 10.3 Å². The van der Waals surface area contributed by atoms with Gasteiger partial charge < -0.3 is 19.5 Å². The monoisotopic (exact) mass is 346 g/mol. The number of esters is 1. The summed E-state index contributed by atoms with van der Waals surface area (Å²) in [6, 6.07) is 6.58. The highest BCUT2D eigenvalue weighted by molar-refractivity contribution is 5.93. The lowest BCUT2D eigenvalue weighted by Gasteiger charge is -2.05. The summed E-state index contributed by atoms with van der Waals surface area (Å²) in [6.45, 7) is 0.483. The van der Waals surface area contributed by atoms with Gasteiger partial charge in [-0.25, -0.2) is 0 Å². The first-order chi connectivity index (χ1) is 12.1. The summed E-state index contributed by atoms with van der Waals surface area (Å²) in [6.07, 6.45) is 5.28. The molecule has 0 aliphatic heterocycles. The predicted octanol–water partition coefficient (Wildman–Crippen LogP) is 2.49. The molecule has 2 N–H and O–H groups in total. The number of amides is 1. The normalized spacial score (nSPS) is 10.4. The number of carbonyl (C=O) groups is 2. The maximum atomic E-state index is 12.1. The van der Waals surface area contributed by atoms with E-state index in [9.17, 15) is 14.4 Å². The number of rotatable bonds is 9. The number of carbonyl (C=O) groups excluding carboxylic acids is 2. The Morgan fingerprint density at radius 1 is 1.16 bits per heavy atom. The zero-order valence-corrected chi connectivity index (χ0v) is 14.2. The molecule has 7 nitrogen and oxygen atoms in total. The fraction of sp³-hybridized carbons (Fsp3) is 0.389. The quantitative estimate of drug-likeness (QED) is 0.536. The van der Waals surface area contributed by atoms with Gasteiger partial charge in [0.1, 0.15) is 11.3 Å². The summed E-state index contributed by atoms with van der Waals surface area (Å²) < 4.78 is 9.78. The van der Waals surface area contributed by atoms with Crippen molar-refractivity contribution >= 4 is 11.9 Å². The van der Waals surface area contributed by atoms with Crippen molar-refractivity contribution in [3.05, 3.63) is 46.4 Å². The van der Waals surface area contributed by atoms with E-state index in [-0.39, 0.29) is 11.5 Å². The molecule has 0 atom stereocenters. The number of ether oxygens (including phenoxy) is 1. The maximum absolute atomic E-state index is 12.1. The van der Waals surface area contributed by atoms with Crippen LogP contribution in [0.15, 0.2) is 39.7 Å². The average Bonchev–Trinajstić information content (AvgIpc) is 3.15. The van der Waals surface area contributed by atoms with Crippen LogP contribution in [-0.2, 0) is 9.53 Å². The Bertz CT molecular complexity index is 749. The molecule has 0 aromatic carbocycles. The van der Waals surface area contributed by atoms with Crippen LogP contribution in [0.5, 0.6) is 0 Å². The van der Waals surface area contributed by atoms with Gasteiger partial charge in [-0.15, -0.1) is 0 Å². The van der Waals surface area contributed by atoms with Crippen molar-refractivity contribution < 1.29 is 18.7 Å². The molecule has 2 aromatic heterocycles. The van der Waals surface area contributed by atoms with Crippen LogP contribution in [0.3, 0.4) is 0 Å². The molecule has 7 heteroatoms. The average molecular weight is 346 g/mol. The van der Waals surface area contributed by atoms with Crippen molar-refractivity contribution in [2.45, 2.75) is 32.1 Å². The summed E-state index contributed by atoms with van der Waals surface area (Å²) in [7, 11) is 1.38. The molecule has 0 aliphatic rings. The van der Waals surface area contributed by atoms with Crippen LogP contribution in [0.2, 0.25) is 0 Å². The molecule has 0 radical (unpaired) electrons. The van der Waals surface area contributed by atoms with Gasteiger partial charge in [0.05, 0.1) is 19.1 Å². The van der Waals surface area contributed by atoms with Crippen LogP contribution in [0.4, 0.5) is 0 Å². The smallest absolute Gasteiger partial charge is 0.305 e. The molecule has 0 bridgehead atoms. The largest absolute Gasteiger partial charge is 0.469 e. The molecule has 2 aromatic rings. The van der Waals surface area contributed by atoms with Gasteiger partial charge in [0.25, 0.3) is 11.5 Å². The van der Waals surface area contributed by atoms with Crippen LogP contribution >= 0.6 is 0 Å². The molecule has 1 amide bonds. The van der Waals surface area contributed by atoms with Gasteiger partial charge >= 0.3 is 5.97 Å². The number of hydrogen-bond donors (Lipinski definition) is 2. The minimum absolute atomic E-state index is 0.0704. The number of nitrogens with one attached hydrogen (secondary N) is 2. The van der Waals surface area contributed by atoms with Gasteiger partial charge in [-0.05, 0) is 37.1 Å². The lowest BCUT2D eigenvalue weighted by Crippen LogP contribution is -2.30. The van der Waals surface area contributed by atoms with E-state index >= 15 is 0 Å². The summed E-state index contributed by atoms with van der Waals surface area (Å²) in [4.78, 5) is 37.7. The van der Waals surface area contributed by atoms with E-state index in [0.717, 1.165) is 25.7 Å². The Balaban J connectivity index is 1.74. The molecule has 0 fully saturated rings. The lowest BCUT2D eigenvalue weighted by molar-refractivity contribution is -0.140. The number of aromatic amines is 1. The Kier molecular flexibility index (Phi) is 7.00. The number of furan rings is 1. The SMILES string of the molecule is COC(=O)CCCCCCNC(=O)c1ccc(-c2ccco2)[nH]c1=O. The second-order valence-corrected chi connectivity index (χ2v) is 5.59. The summed E-state index contributed by atoms with van der Waals surface area (Å²) in [5.74, 6) is -0.0664. The fourth-order valence-electron chi connectivity index (χ4n) is 2.38. The first kappa shape index (κ1) is 18.5. The molecule has 0 saturated carbocycles. The number of hydrogen-bond acceptors (Lipinski definition) is 5. The van der Waals surface area contributed by atoms with Crippen LogP contribution in [0.1, 0.15) is 42.5 Å². The molecule has 0 saturated heterocycles. The van der Waals surface area contributed by atoms with Gasteiger partial charge in [-0.2, -0.15) is 0 Å². The molecule has 0 aliphatic carbocycles. The Morgan fingerprint density at radius 2 is 1.96 bits per heavy atom. The molecule has 0 spiro atoms. The fourth-order valence-corrected chi connectivity index (χ4v) is 2.38. The minimum atomic E-state index is -0.454. The highest BCUT2D eigenvalue weighted by Crippen LogP contribution is 2.15. The van der Waals surface area contributed by atoms with E-state index in [1.807, 2.05) is 0 Å². The Hall–Kier alpha value is -2.83. The number of pyridine rings is 1. The van der Waals surface area contributed by atoms with Crippen LogP contribution in [-0.4, -0.2) is 30.5 Å². The van der Waals surface area contributed by atoms with E-state index in [0.29, 0.717) is 24.4 Å². The molecule has 2 rings (SSSR count). The summed E-state index contributed by atoms with van der Waals surface area (Å²) >= 11 is 0. The Labute approximate surface area is 145 Å². The van der Waals surface area contributed by atoms with Gasteiger partial charge in [-0.3, -0.25) is 14.4 Å². The number of methoxy groups -OCH3 is 1. The zero-order chi connectivity index (χ0) is 18.1. The first-order valence-electron chi connectivity index (χ1n) is 8.24. The van der Waals surface area contributed by atoms with Gasteiger partial charge in [0, 0.05) is 13.0 Å². The number of H-pyrrole nitrogens is 1. The standard InChI is InChI=1S/C18H22N2O5/c1-24-16(21)8-4-2-3-5-11-19-17(22)13-9-10-14(20-18(13)23)15-7-6-12-25-15/h6-7,9-10,12H,2-5,8,11H2,1H3,(H,19,22)(H,20,23). The van der Waals surface area contributed by atoms with E-state index in [2.05, 4.69) is 15.0 Å². The first-order valence-corrected chi connectivity index (χ1v) is 8.24. The molecule has 25 heavy (non-hydrogen) atoms. The van der Waals surface area contributed by atoms with Crippen LogP contribution < -0.4 is 10.9 Å². The number of unbranched alkanes of at least 4 members (excludes halogenated alkanes) is 3. The predicted molar refractivity (Wildman–Crippen MR) is 92.2 cm³/mol. The van der Waals surface area contributed by atoms with Crippen molar-refractivity contribution in [3.63, 3.8) is 0 Å². The topological polar surface area (TPSA) is 101 Å². The summed E-state index contributed by atoms with van der Waals surface area (Å²) in [5.41, 5.74) is 0.141. The maximum Gasteiger partial charge on any atom is 0.305 e. The molecule has 0 unspecified atom stereocenters. The van der Waals surface area contributed by atoms with E-state index in [1.165, 1.54) is 19.4 Å². The molecular formula is C18H22N2O5. The van der Waals surface area contributed by atoms with Crippen molar-refractivity contribution in [2.75, 3.05) is 13.7 Å². The van der Waals surface area contributed by atoms with Crippen molar-refractivity contribution in [1.29, 1.82) is 0 Å².